The molecule has 214 valence electrons. The van der Waals surface area contributed by atoms with Crippen LogP contribution in [-0.4, -0.2) is 54.3 Å². The molecule has 0 saturated carbocycles. The molecule has 41 heavy (non-hydrogen) atoms. The molecule has 1 saturated heterocycles. The molecular formula is C30H32ClN5O5. The highest BCUT2D eigenvalue weighted by Crippen LogP contribution is 2.43. The van der Waals surface area contributed by atoms with E-state index in [1.807, 2.05) is 24.3 Å². The number of esters is 1. The number of anilines is 1. The Hall–Kier alpha value is -4.12. The minimum atomic E-state index is -0.803. The summed E-state index contributed by atoms with van der Waals surface area (Å²) in [7, 11) is 0. The largest absolute Gasteiger partial charge is 0.487 e. The van der Waals surface area contributed by atoms with Gasteiger partial charge in [0, 0.05) is 22.5 Å². The molecule has 2 aliphatic rings. The number of ether oxygens (including phenoxy) is 3. The SMILES string of the molecule is CCOC(=O)c1ccc(-c2cc(Cl)ccc2OC/C(N)=C/N(N)C2COCC3(C2)C(=O)Nc2ccccc23)nc1C. The van der Waals surface area contributed by atoms with Crippen molar-refractivity contribution in [2.45, 2.75) is 31.7 Å². The van der Waals surface area contributed by atoms with Crippen LogP contribution in [-0.2, 0) is 19.7 Å². The quantitative estimate of drug-likeness (QED) is 0.206. The van der Waals surface area contributed by atoms with E-state index < -0.39 is 11.4 Å². The van der Waals surface area contributed by atoms with Crippen LogP contribution < -0.4 is 21.6 Å². The highest BCUT2D eigenvalue weighted by molar-refractivity contribution is 6.31. The molecule has 1 amide bonds. The maximum atomic E-state index is 13.0. The monoisotopic (exact) mass is 577 g/mol. The lowest BCUT2D eigenvalue weighted by Gasteiger charge is -2.39. The van der Waals surface area contributed by atoms with Gasteiger partial charge >= 0.3 is 5.97 Å². The van der Waals surface area contributed by atoms with Gasteiger partial charge in [0.25, 0.3) is 0 Å². The first-order chi connectivity index (χ1) is 19.7. The van der Waals surface area contributed by atoms with Crippen LogP contribution in [0.1, 0.15) is 35.0 Å². The van der Waals surface area contributed by atoms with Crippen LogP contribution in [0.4, 0.5) is 5.69 Å². The number of benzene rings is 2. The summed E-state index contributed by atoms with van der Waals surface area (Å²) in [6.07, 6.45) is 2.07. The van der Waals surface area contributed by atoms with Crippen LogP contribution in [0.2, 0.25) is 5.02 Å². The van der Waals surface area contributed by atoms with Crippen molar-refractivity contribution in [3.63, 3.8) is 0 Å². The molecule has 2 aromatic carbocycles. The van der Waals surface area contributed by atoms with Gasteiger partial charge in [-0.05, 0) is 62.2 Å². The standard InChI is InChI=1S/C30H32ClN5O5/c1-3-40-28(37)22-9-10-25(34-18(22)2)23-12-19(31)8-11-27(23)41-15-20(32)14-36(33)21-13-30(17-39-16-21)24-6-4-5-7-26(24)35-29(30)38/h4-12,14,21H,3,13,15-17,32-33H2,1-2H3,(H,35,38)/b20-14-. The predicted octanol–water partition coefficient (Wildman–Crippen LogP) is 3.92. The van der Waals surface area contributed by atoms with E-state index in [0.717, 1.165) is 11.3 Å². The van der Waals surface area contributed by atoms with E-state index in [4.69, 9.17) is 37.4 Å². The number of aromatic nitrogens is 1. The van der Waals surface area contributed by atoms with Gasteiger partial charge in [-0.1, -0.05) is 29.8 Å². The maximum Gasteiger partial charge on any atom is 0.339 e. The van der Waals surface area contributed by atoms with Crippen molar-refractivity contribution >= 4 is 29.2 Å². The molecule has 1 spiro atoms. The highest BCUT2D eigenvalue weighted by atomic mass is 35.5. The second-order valence-corrected chi connectivity index (χ2v) is 10.5. The van der Waals surface area contributed by atoms with Crippen molar-refractivity contribution in [2.75, 3.05) is 31.7 Å². The summed E-state index contributed by atoms with van der Waals surface area (Å²) in [5.74, 6) is 6.38. The molecule has 0 aliphatic carbocycles. The molecule has 1 fully saturated rings. The van der Waals surface area contributed by atoms with Gasteiger partial charge in [0.2, 0.25) is 5.91 Å². The number of amides is 1. The first kappa shape index (κ1) is 28.4. The number of nitrogens with two attached hydrogens (primary N) is 2. The van der Waals surface area contributed by atoms with Crippen LogP contribution in [0.25, 0.3) is 11.3 Å². The van der Waals surface area contributed by atoms with Crippen molar-refractivity contribution in [1.29, 1.82) is 0 Å². The van der Waals surface area contributed by atoms with E-state index >= 15 is 0 Å². The Bertz CT molecular complexity index is 1510. The molecule has 0 bridgehead atoms. The summed E-state index contributed by atoms with van der Waals surface area (Å²) in [5.41, 5.74) is 9.72. The van der Waals surface area contributed by atoms with E-state index in [1.54, 1.807) is 50.4 Å². The lowest BCUT2D eigenvalue weighted by molar-refractivity contribution is -0.127. The predicted molar refractivity (Wildman–Crippen MR) is 155 cm³/mol. The molecule has 1 aromatic heterocycles. The number of halogens is 1. The van der Waals surface area contributed by atoms with Crippen LogP contribution >= 0.6 is 11.6 Å². The van der Waals surface area contributed by atoms with Crippen molar-refractivity contribution in [1.82, 2.24) is 9.99 Å². The summed E-state index contributed by atoms with van der Waals surface area (Å²) in [5, 5.41) is 4.94. The number of hydrogen-bond acceptors (Lipinski definition) is 9. The van der Waals surface area contributed by atoms with Gasteiger partial charge in [0.05, 0.1) is 48.5 Å². The lowest BCUT2D eigenvalue weighted by Crippen LogP contribution is -2.53. The van der Waals surface area contributed by atoms with E-state index in [9.17, 15) is 9.59 Å². The van der Waals surface area contributed by atoms with Crippen molar-refractivity contribution in [2.24, 2.45) is 11.6 Å². The lowest BCUT2D eigenvalue weighted by atomic mass is 9.75. The third-order valence-corrected chi connectivity index (χ3v) is 7.53. The van der Waals surface area contributed by atoms with Crippen molar-refractivity contribution < 1.29 is 23.8 Å². The third-order valence-electron chi connectivity index (χ3n) is 7.30. The van der Waals surface area contributed by atoms with E-state index in [-0.39, 0.29) is 31.8 Å². The Morgan fingerprint density at radius 2 is 2.07 bits per heavy atom. The van der Waals surface area contributed by atoms with Crippen LogP contribution in [0.3, 0.4) is 0 Å². The molecular weight excluding hydrogens is 546 g/mol. The molecule has 2 unspecified atom stereocenters. The van der Waals surface area contributed by atoms with E-state index in [0.29, 0.717) is 52.0 Å². The summed E-state index contributed by atoms with van der Waals surface area (Å²) in [6.45, 7) is 4.44. The van der Waals surface area contributed by atoms with Gasteiger partial charge in [0.1, 0.15) is 17.8 Å². The normalized spacial score (nSPS) is 20.0. The zero-order chi connectivity index (χ0) is 29.1. The average molecular weight is 578 g/mol. The number of para-hydroxylation sites is 1. The number of nitrogens with one attached hydrogen (secondary N) is 1. The van der Waals surface area contributed by atoms with Gasteiger partial charge in [-0.3, -0.25) is 9.78 Å². The molecule has 2 aliphatic heterocycles. The Balaban J connectivity index is 1.29. The fraction of sp³-hybridized carbons (Fsp3) is 0.300. The summed E-state index contributed by atoms with van der Waals surface area (Å²) < 4.78 is 17.0. The fourth-order valence-electron chi connectivity index (χ4n) is 5.26. The Kier molecular flexibility index (Phi) is 8.16. The number of aryl methyl sites for hydroxylation is 1. The third kappa shape index (κ3) is 5.72. The Morgan fingerprint density at radius 1 is 1.27 bits per heavy atom. The van der Waals surface area contributed by atoms with Crippen LogP contribution in [0.5, 0.6) is 5.75 Å². The summed E-state index contributed by atoms with van der Waals surface area (Å²) in [6, 6.07) is 15.9. The zero-order valence-electron chi connectivity index (χ0n) is 22.9. The first-order valence-corrected chi connectivity index (χ1v) is 13.6. The minimum absolute atomic E-state index is 0.0320. The molecule has 11 heteroatoms. The fourth-order valence-corrected chi connectivity index (χ4v) is 5.43. The van der Waals surface area contributed by atoms with Crippen LogP contribution in [0.15, 0.2) is 66.5 Å². The highest BCUT2D eigenvalue weighted by Gasteiger charge is 2.51. The zero-order valence-corrected chi connectivity index (χ0v) is 23.6. The van der Waals surface area contributed by atoms with Gasteiger partial charge in [-0.25, -0.2) is 10.6 Å². The number of hydrazine groups is 1. The molecule has 10 nitrogen and oxygen atoms in total. The maximum absolute atomic E-state index is 13.0. The smallest absolute Gasteiger partial charge is 0.339 e. The second kappa shape index (κ2) is 11.8. The molecule has 2 atom stereocenters. The summed E-state index contributed by atoms with van der Waals surface area (Å²) in [4.78, 5) is 29.8. The number of rotatable bonds is 8. The molecule has 5 N–H and O–H groups in total. The number of pyridine rings is 1. The second-order valence-electron chi connectivity index (χ2n) is 10.1. The van der Waals surface area contributed by atoms with Crippen LogP contribution in [0, 0.1) is 6.92 Å². The number of carbonyl (C=O) groups is 2. The molecule has 0 radical (unpaired) electrons. The Morgan fingerprint density at radius 3 is 2.85 bits per heavy atom. The molecule has 3 heterocycles. The number of hydrogen-bond donors (Lipinski definition) is 3. The number of fused-ring (bicyclic) bond motifs is 2. The van der Waals surface area contributed by atoms with Crippen molar-refractivity contribution in [3.8, 4) is 17.0 Å². The van der Waals surface area contributed by atoms with Gasteiger partial charge in [0.15, 0.2) is 0 Å². The van der Waals surface area contributed by atoms with Crippen molar-refractivity contribution in [3.05, 3.63) is 88.3 Å². The summed E-state index contributed by atoms with van der Waals surface area (Å²) >= 11 is 6.28. The van der Waals surface area contributed by atoms with Gasteiger partial charge in [-0.2, -0.15) is 0 Å². The number of nitrogens with zero attached hydrogens (tertiary/aromatic N) is 2. The van der Waals surface area contributed by atoms with E-state index in [1.165, 1.54) is 5.01 Å². The number of carbonyl (C=O) groups excluding carboxylic acids is 2. The average Bonchev–Trinajstić information content (AvgIpc) is 3.22. The van der Waals surface area contributed by atoms with Gasteiger partial charge in [-0.15, -0.1) is 0 Å². The molecule has 5 rings (SSSR count). The first-order valence-electron chi connectivity index (χ1n) is 13.3. The topological polar surface area (TPSA) is 142 Å². The minimum Gasteiger partial charge on any atom is -0.487 e. The Labute approximate surface area is 243 Å². The van der Waals surface area contributed by atoms with Gasteiger partial charge < -0.3 is 30.3 Å². The molecule has 3 aromatic rings. The van der Waals surface area contributed by atoms with E-state index in [2.05, 4.69) is 10.3 Å².